The van der Waals surface area contributed by atoms with Gasteiger partial charge < -0.3 is 10.1 Å². The summed E-state index contributed by atoms with van der Waals surface area (Å²) in [7, 11) is 0. The number of benzene rings is 2. The van der Waals surface area contributed by atoms with Crippen molar-refractivity contribution in [1.82, 2.24) is 5.32 Å². The highest BCUT2D eigenvalue weighted by atomic mass is 16.5. The number of ether oxygens (including phenoxy) is 1. The fourth-order valence-electron chi connectivity index (χ4n) is 3.20. The van der Waals surface area contributed by atoms with Crippen molar-refractivity contribution >= 4 is 11.9 Å². The third-order valence-corrected chi connectivity index (χ3v) is 4.94. The number of esters is 1. The normalized spacial score (nSPS) is 13.9. The molecule has 0 bridgehead atoms. The van der Waals surface area contributed by atoms with Gasteiger partial charge in [0.2, 0.25) is 0 Å². The minimum atomic E-state index is -0.238. The second-order valence-electron chi connectivity index (χ2n) is 6.75. The lowest BCUT2D eigenvalue weighted by molar-refractivity contribution is -0.155. The molecule has 0 saturated heterocycles. The van der Waals surface area contributed by atoms with E-state index in [0.717, 1.165) is 25.7 Å². The second-order valence-corrected chi connectivity index (χ2v) is 6.75. The van der Waals surface area contributed by atoms with Gasteiger partial charge in [0.05, 0.1) is 5.92 Å². The lowest BCUT2D eigenvalue weighted by Gasteiger charge is -2.23. The van der Waals surface area contributed by atoms with Crippen LogP contribution >= 0.6 is 0 Å². The molecule has 2 aromatic carbocycles. The van der Waals surface area contributed by atoms with Gasteiger partial charge in [-0.2, -0.15) is 0 Å². The molecule has 2 aromatic rings. The monoisotopic (exact) mass is 351 g/mol. The third kappa shape index (κ3) is 4.94. The van der Waals surface area contributed by atoms with E-state index in [0.29, 0.717) is 6.54 Å². The number of nitrogens with one attached hydrogen (secondary N) is 1. The van der Waals surface area contributed by atoms with Crippen LogP contribution in [0.3, 0.4) is 0 Å². The molecule has 0 heterocycles. The summed E-state index contributed by atoms with van der Waals surface area (Å²) in [4.78, 5) is 23.6. The molecule has 0 radical (unpaired) electrons. The van der Waals surface area contributed by atoms with Crippen molar-refractivity contribution in [2.24, 2.45) is 5.92 Å². The van der Waals surface area contributed by atoms with Gasteiger partial charge in [-0.1, -0.05) is 67.1 Å². The number of amides is 1. The van der Waals surface area contributed by atoms with E-state index in [1.54, 1.807) is 0 Å². The first-order chi connectivity index (χ1) is 12.7. The minimum absolute atomic E-state index is 0.00309. The highest BCUT2D eigenvalue weighted by Crippen LogP contribution is 2.28. The Kier molecular flexibility index (Phi) is 6.42. The number of hydrogen-bond acceptors (Lipinski definition) is 3. The molecule has 1 N–H and O–H groups in total. The first kappa shape index (κ1) is 18.2. The molecule has 4 nitrogen and oxygen atoms in total. The molecule has 1 aliphatic rings. The summed E-state index contributed by atoms with van der Waals surface area (Å²) in [6.45, 7) is 0.352. The summed E-state index contributed by atoms with van der Waals surface area (Å²) >= 11 is 0. The van der Waals surface area contributed by atoms with Crippen molar-refractivity contribution < 1.29 is 14.3 Å². The summed E-state index contributed by atoms with van der Waals surface area (Å²) < 4.78 is 5.08. The molecule has 1 fully saturated rings. The Labute approximate surface area is 154 Å². The third-order valence-electron chi connectivity index (χ3n) is 4.94. The largest absolute Gasteiger partial charge is 0.455 e. The van der Waals surface area contributed by atoms with Gasteiger partial charge in [-0.15, -0.1) is 0 Å². The van der Waals surface area contributed by atoms with E-state index >= 15 is 0 Å². The minimum Gasteiger partial charge on any atom is -0.455 e. The molecule has 26 heavy (non-hydrogen) atoms. The zero-order chi connectivity index (χ0) is 18.2. The van der Waals surface area contributed by atoms with Crippen LogP contribution < -0.4 is 5.32 Å². The van der Waals surface area contributed by atoms with Gasteiger partial charge in [0.15, 0.2) is 6.61 Å². The van der Waals surface area contributed by atoms with E-state index in [9.17, 15) is 9.59 Å². The predicted octanol–water partition coefficient (Wildman–Crippen LogP) is 3.67. The molecular weight excluding hydrogens is 326 g/mol. The Morgan fingerprint density at radius 3 is 2.04 bits per heavy atom. The van der Waals surface area contributed by atoms with E-state index in [-0.39, 0.29) is 30.3 Å². The molecule has 0 unspecified atom stereocenters. The highest BCUT2D eigenvalue weighted by molar-refractivity contribution is 5.81. The maximum atomic E-state index is 11.9. The highest BCUT2D eigenvalue weighted by Gasteiger charge is 2.27. The van der Waals surface area contributed by atoms with E-state index in [4.69, 9.17) is 4.74 Å². The first-order valence-corrected chi connectivity index (χ1v) is 9.27. The van der Waals surface area contributed by atoms with Crippen LogP contribution in [0.4, 0.5) is 0 Å². The van der Waals surface area contributed by atoms with Crippen molar-refractivity contribution in [2.75, 3.05) is 13.2 Å². The molecule has 1 amide bonds. The van der Waals surface area contributed by atoms with Crippen LogP contribution in [-0.2, 0) is 14.3 Å². The van der Waals surface area contributed by atoms with E-state index in [1.807, 2.05) is 36.4 Å². The molecule has 4 heteroatoms. The molecule has 0 aliphatic heterocycles. The van der Waals surface area contributed by atoms with E-state index in [1.165, 1.54) is 11.1 Å². The van der Waals surface area contributed by atoms with Crippen LogP contribution in [-0.4, -0.2) is 25.0 Å². The van der Waals surface area contributed by atoms with Crippen LogP contribution in [0.1, 0.15) is 42.7 Å². The fourth-order valence-corrected chi connectivity index (χ4v) is 3.20. The molecule has 1 aliphatic carbocycles. The number of hydrogen-bond donors (Lipinski definition) is 1. The smallest absolute Gasteiger partial charge is 0.309 e. The number of rotatable bonds is 8. The average Bonchev–Trinajstić information content (AvgIpc) is 2.63. The molecule has 0 aromatic heterocycles. The lowest BCUT2D eigenvalue weighted by atomic mass is 9.86. The maximum absolute atomic E-state index is 11.9. The van der Waals surface area contributed by atoms with Crippen molar-refractivity contribution in [2.45, 2.75) is 31.6 Å². The Morgan fingerprint density at radius 2 is 1.54 bits per heavy atom. The van der Waals surface area contributed by atoms with Crippen molar-refractivity contribution in [3.63, 3.8) is 0 Å². The second kappa shape index (κ2) is 9.18. The fraction of sp³-hybridized carbons (Fsp3) is 0.364. The van der Waals surface area contributed by atoms with Crippen LogP contribution in [0.15, 0.2) is 60.7 Å². The van der Waals surface area contributed by atoms with Crippen LogP contribution in [0.5, 0.6) is 0 Å². The first-order valence-electron chi connectivity index (χ1n) is 9.27. The van der Waals surface area contributed by atoms with Gasteiger partial charge in [-0.3, -0.25) is 9.59 Å². The van der Waals surface area contributed by atoms with Crippen molar-refractivity contribution in [3.05, 3.63) is 71.8 Å². The Hall–Kier alpha value is -2.62. The van der Waals surface area contributed by atoms with E-state index in [2.05, 4.69) is 29.6 Å². The summed E-state index contributed by atoms with van der Waals surface area (Å²) in [6, 6.07) is 20.6. The van der Waals surface area contributed by atoms with Crippen LogP contribution in [0.25, 0.3) is 0 Å². The van der Waals surface area contributed by atoms with Crippen molar-refractivity contribution in [3.8, 4) is 0 Å². The Bertz CT molecular complexity index is 671. The van der Waals surface area contributed by atoms with E-state index < -0.39 is 0 Å². The number of carbonyl (C=O) groups excluding carboxylic acids is 2. The molecule has 1 saturated carbocycles. The molecule has 0 atom stereocenters. The Balaban J connectivity index is 1.50. The SMILES string of the molecule is O=C(COC(=O)C1CCC1)NCCC(c1ccccc1)c1ccccc1. The molecule has 3 rings (SSSR count). The lowest BCUT2D eigenvalue weighted by Crippen LogP contribution is -2.32. The molecule has 0 spiro atoms. The van der Waals surface area contributed by atoms with Gasteiger partial charge in [0, 0.05) is 12.5 Å². The van der Waals surface area contributed by atoms with Crippen molar-refractivity contribution in [1.29, 1.82) is 0 Å². The maximum Gasteiger partial charge on any atom is 0.309 e. The quantitative estimate of drug-likeness (QED) is 0.738. The standard InChI is InChI=1S/C22H25NO3/c24-21(16-26-22(25)19-12-7-13-19)23-15-14-20(17-8-3-1-4-9-17)18-10-5-2-6-11-18/h1-6,8-11,19-20H,7,12-16H2,(H,23,24). The molecule has 136 valence electrons. The Morgan fingerprint density at radius 1 is 0.962 bits per heavy atom. The molecular formula is C22H25NO3. The average molecular weight is 351 g/mol. The van der Waals surface area contributed by atoms with Gasteiger partial charge in [0.1, 0.15) is 0 Å². The van der Waals surface area contributed by atoms with Gasteiger partial charge in [-0.05, 0) is 30.4 Å². The topological polar surface area (TPSA) is 55.4 Å². The predicted molar refractivity (Wildman–Crippen MR) is 101 cm³/mol. The van der Waals surface area contributed by atoms with Crippen LogP contribution in [0, 0.1) is 5.92 Å². The summed E-state index contributed by atoms with van der Waals surface area (Å²) in [5, 5.41) is 2.87. The summed E-state index contributed by atoms with van der Waals surface area (Å²) in [5.74, 6) is -0.256. The summed E-state index contributed by atoms with van der Waals surface area (Å²) in [6.07, 6.45) is 3.63. The zero-order valence-electron chi connectivity index (χ0n) is 14.9. The number of carbonyl (C=O) groups is 2. The van der Waals surface area contributed by atoms with Gasteiger partial charge >= 0.3 is 5.97 Å². The van der Waals surface area contributed by atoms with Gasteiger partial charge in [-0.25, -0.2) is 0 Å². The van der Waals surface area contributed by atoms with Crippen LogP contribution in [0.2, 0.25) is 0 Å². The zero-order valence-corrected chi connectivity index (χ0v) is 14.9. The van der Waals surface area contributed by atoms with Gasteiger partial charge in [0.25, 0.3) is 5.91 Å². The summed E-state index contributed by atoms with van der Waals surface area (Å²) in [5.41, 5.74) is 2.45.